The lowest BCUT2D eigenvalue weighted by atomic mass is 10.1. The van der Waals surface area contributed by atoms with Crippen LogP contribution in [-0.4, -0.2) is 27.4 Å². The fourth-order valence-electron chi connectivity index (χ4n) is 2.51. The molecule has 0 spiro atoms. The Kier molecular flexibility index (Phi) is 8.06. The van der Waals surface area contributed by atoms with E-state index in [0.717, 1.165) is 30.7 Å². The Labute approximate surface area is 155 Å². The Morgan fingerprint density at radius 3 is 2.64 bits per heavy atom. The summed E-state index contributed by atoms with van der Waals surface area (Å²) in [5.41, 5.74) is 3.31. The first kappa shape index (κ1) is 19.6. The second-order valence-corrected chi connectivity index (χ2v) is 6.30. The van der Waals surface area contributed by atoms with E-state index in [2.05, 4.69) is 24.4 Å². The summed E-state index contributed by atoms with van der Waals surface area (Å²) in [7, 11) is 3.34. The first-order chi connectivity index (χ1) is 12.1. The summed E-state index contributed by atoms with van der Waals surface area (Å²) in [6, 6.07) is 12.0. The number of benzene rings is 2. The summed E-state index contributed by atoms with van der Waals surface area (Å²) in [6.45, 7) is 4.84. The molecule has 2 aromatic carbocycles. The number of methoxy groups -OCH3 is 2. The molecule has 25 heavy (non-hydrogen) atoms. The molecule has 0 aliphatic carbocycles. The van der Waals surface area contributed by atoms with E-state index >= 15 is 0 Å². The summed E-state index contributed by atoms with van der Waals surface area (Å²) in [6.07, 6.45) is 0.961. The average molecular weight is 364 g/mol. The molecule has 0 saturated heterocycles. The molecule has 0 heterocycles. The highest BCUT2D eigenvalue weighted by molar-refractivity contribution is 6.31. The molecule has 0 saturated carbocycles. The predicted molar refractivity (Wildman–Crippen MR) is 102 cm³/mol. The van der Waals surface area contributed by atoms with Gasteiger partial charge in [0.2, 0.25) is 0 Å². The van der Waals surface area contributed by atoms with E-state index in [1.54, 1.807) is 14.2 Å². The average Bonchev–Trinajstić information content (AvgIpc) is 2.61. The van der Waals surface area contributed by atoms with Gasteiger partial charge in [0.25, 0.3) is 0 Å². The summed E-state index contributed by atoms with van der Waals surface area (Å²) in [4.78, 5) is 0. The quantitative estimate of drug-likeness (QED) is 0.636. The Balaban J connectivity index is 2.00. The number of halogens is 1. The van der Waals surface area contributed by atoms with E-state index in [1.165, 1.54) is 5.56 Å². The van der Waals surface area contributed by atoms with Crippen LogP contribution in [0.1, 0.15) is 23.1 Å². The molecule has 0 unspecified atom stereocenters. The molecule has 1 N–H and O–H groups in total. The lowest BCUT2D eigenvalue weighted by Crippen LogP contribution is -2.16. The molecule has 0 aliphatic rings. The largest absolute Gasteiger partial charge is 0.493 e. The zero-order valence-electron chi connectivity index (χ0n) is 15.1. The fourth-order valence-corrected chi connectivity index (χ4v) is 2.73. The maximum absolute atomic E-state index is 6.41. The maximum Gasteiger partial charge on any atom is 0.163 e. The van der Waals surface area contributed by atoms with Gasteiger partial charge in [0.05, 0.1) is 7.11 Å². The molecule has 5 heteroatoms. The van der Waals surface area contributed by atoms with Crippen LogP contribution in [0.5, 0.6) is 11.5 Å². The molecule has 2 rings (SSSR count). The maximum atomic E-state index is 6.41. The zero-order chi connectivity index (χ0) is 18.1. The second kappa shape index (κ2) is 10.3. The van der Waals surface area contributed by atoms with E-state index in [4.69, 9.17) is 25.8 Å². The van der Waals surface area contributed by atoms with Gasteiger partial charge in [0.15, 0.2) is 11.5 Å². The Morgan fingerprint density at radius 1 is 1.08 bits per heavy atom. The molecule has 0 bridgehead atoms. The monoisotopic (exact) mass is 363 g/mol. The molecule has 0 atom stereocenters. The predicted octanol–water partition coefficient (Wildman–Crippen LogP) is 4.36. The van der Waals surface area contributed by atoms with E-state index in [1.807, 2.05) is 24.3 Å². The summed E-state index contributed by atoms with van der Waals surface area (Å²) in [5, 5.41) is 4.02. The molecule has 4 nitrogen and oxygen atoms in total. The number of nitrogens with one attached hydrogen (secondary N) is 1. The van der Waals surface area contributed by atoms with Gasteiger partial charge in [-0.05, 0) is 37.1 Å². The molecule has 0 fully saturated rings. The zero-order valence-corrected chi connectivity index (χ0v) is 15.9. The third-order valence-corrected chi connectivity index (χ3v) is 4.18. The van der Waals surface area contributed by atoms with Crippen LogP contribution >= 0.6 is 11.6 Å². The number of hydrogen-bond acceptors (Lipinski definition) is 4. The lowest BCUT2D eigenvalue weighted by Gasteiger charge is -2.14. The van der Waals surface area contributed by atoms with Crippen molar-refractivity contribution in [2.45, 2.75) is 26.5 Å². The lowest BCUT2D eigenvalue weighted by molar-refractivity contribution is 0.194. The Bertz CT molecular complexity index is 676. The topological polar surface area (TPSA) is 39.7 Å². The fraction of sp³-hybridized carbons (Fsp3) is 0.400. The van der Waals surface area contributed by atoms with Gasteiger partial charge in [-0.1, -0.05) is 41.4 Å². The van der Waals surface area contributed by atoms with E-state index in [9.17, 15) is 0 Å². The summed E-state index contributed by atoms with van der Waals surface area (Å²) < 4.78 is 16.4. The van der Waals surface area contributed by atoms with Crippen LogP contribution in [0.15, 0.2) is 36.4 Å². The normalized spacial score (nSPS) is 10.7. The van der Waals surface area contributed by atoms with E-state index < -0.39 is 0 Å². The molecular weight excluding hydrogens is 338 g/mol. The molecular formula is C20H26ClNO3. The highest BCUT2D eigenvalue weighted by atomic mass is 35.5. The molecule has 0 aliphatic heterocycles. The number of hydrogen-bond donors (Lipinski definition) is 1. The molecule has 2 aromatic rings. The Morgan fingerprint density at radius 2 is 1.92 bits per heavy atom. The first-order valence-electron chi connectivity index (χ1n) is 8.38. The molecule has 0 radical (unpaired) electrons. The number of ether oxygens (including phenoxy) is 3. The van der Waals surface area contributed by atoms with Gasteiger partial charge in [-0.3, -0.25) is 0 Å². The minimum absolute atomic E-state index is 0.475. The van der Waals surface area contributed by atoms with Crippen molar-refractivity contribution in [3.63, 3.8) is 0 Å². The van der Waals surface area contributed by atoms with Crippen LogP contribution in [0, 0.1) is 6.92 Å². The molecule has 136 valence electrons. The van der Waals surface area contributed by atoms with Gasteiger partial charge in [0.1, 0.15) is 6.61 Å². The highest BCUT2D eigenvalue weighted by Crippen LogP contribution is 2.34. The summed E-state index contributed by atoms with van der Waals surface area (Å²) >= 11 is 6.41. The van der Waals surface area contributed by atoms with Crippen molar-refractivity contribution in [3.05, 3.63) is 58.1 Å². The Hall–Kier alpha value is -1.75. The third kappa shape index (κ3) is 6.24. The van der Waals surface area contributed by atoms with Crippen molar-refractivity contribution >= 4 is 11.6 Å². The van der Waals surface area contributed by atoms with Gasteiger partial charge in [-0.15, -0.1) is 0 Å². The first-order valence-corrected chi connectivity index (χ1v) is 8.76. The van der Waals surface area contributed by atoms with Crippen molar-refractivity contribution in [2.24, 2.45) is 0 Å². The highest BCUT2D eigenvalue weighted by Gasteiger charge is 2.11. The molecule has 0 amide bonds. The number of aryl methyl sites for hydroxylation is 1. The van der Waals surface area contributed by atoms with Gasteiger partial charge in [-0.25, -0.2) is 0 Å². The van der Waals surface area contributed by atoms with Crippen molar-refractivity contribution in [2.75, 3.05) is 27.4 Å². The van der Waals surface area contributed by atoms with Crippen LogP contribution in [0.2, 0.25) is 5.02 Å². The van der Waals surface area contributed by atoms with E-state index in [0.29, 0.717) is 29.7 Å². The summed E-state index contributed by atoms with van der Waals surface area (Å²) in [5.74, 6) is 1.34. The molecule has 0 aromatic heterocycles. The van der Waals surface area contributed by atoms with E-state index in [-0.39, 0.29) is 0 Å². The minimum Gasteiger partial charge on any atom is -0.493 e. The van der Waals surface area contributed by atoms with Crippen molar-refractivity contribution in [1.29, 1.82) is 0 Å². The van der Waals surface area contributed by atoms with Crippen molar-refractivity contribution in [1.82, 2.24) is 5.32 Å². The SMILES string of the molecule is COCCCNCc1cc(OC)c(OCc2cccc(C)c2)cc1Cl. The van der Waals surface area contributed by atoms with Gasteiger partial charge in [-0.2, -0.15) is 0 Å². The van der Waals surface area contributed by atoms with Crippen LogP contribution in [0.3, 0.4) is 0 Å². The third-order valence-electron chi connectivity index (χ3n) is 3.83. The van der Waals surface area contributed by atoms with Crippen LogP contribution < -0.4 is 14.8 Å². The van der Waals surface area contributed by atoms with Crippen molar-refractivity contribution in [3.8, 4) is 11.5 Å². The van der Waals surface area contributed by atoms with Crippen molar-refractivity contribution < 1.29 is 14.2 Å². The minimum atomic E-state index is 0.475. The van der Waals surface area contributed by atoms with Gasteiger partial charge in [0, 0.05) is 31.4 Å². The number of rotatable bonds is 10. The van der Waals surface area contributed by atoms with Gasteiger partial charge >= 0.3 is 0 Å². The van der Waals surface area contributed by atoms with Crippen LogP contribution in [0.25, 0.3) is 0 Å². The standard InChI is InChI=1S/C20H26ClNO3/c1-15-6-4-7-16(10-15)14-25-20-12-18(21)17(11-19(20)24-3)13-22-8-5-9-23-2/h4,6-7,10-12,22H,5,8-9,13-14H2,1-3H3. The van der Waals surface area contributed by atoms with Crippen LogP contribution in [-0.2, 0) is 17.9 Å². The van der Waals surface area contributed by atoms with Crippen LogP contribution in [0.4, 0.5) is 0 Å². The second-order valence-electron chi connectivity index (χ2n) is 5.90. The smallest absolute Gasteiger partial charge is 0.163 e. The van der Waals surface area contributed by atoms with Gasteiger partial charge < -0.3 is 19.5 Å².